The summed E-state index contributed by atoms with van der Waals surface area (Å²) in [7, 11) is 0. The summed E-state index contributed by atoms with van der Waals surface area (Å²) in [5, 5.41) is 14.1. The molecular weight excluding hydrogens is 354 g/mol. The molecule has 142 valence electrons. The van der Waals surface area contributed by atoms with Crippen LogP contribution in [0.2, 0.25) is 0 Å². The molecule has 0 saturated carbocycles. The third kappa shape index (κ3) is 5.43. The van der Waals surface area contributed by atoms with E-state index in [1.54, 1.807) is 24.3 Å². The Morgan fingerprint density at radius 2 is 2.00 bits per heavy atom. The van der Waals surface area contributed by atoms with Crippen molar-refractivity contribution in [2.45, 2.75) is 25.4 Å². The Bertz CT molecular complexity index is 832. The van der Waals surface area contributed by atoms with Crippen molar-refractivity contribution in [2.24, 2.45) is 5.73 Å². The summed E-state index contributed by atoms with van der Waals surface area (Å²) in [6, 6.07) is 6.94. The van der Waals surface area contributed by atoms with Gasteiger partial charge in [-0.1, -0.05) is 6.07 Å². The second kappa shape index (κ2) is 9.18. The molecular formula is C18H19N3O6. The van der Waals surface area contributed by atoms with Gasteiger partial charge in [0.1, 0.15) is 11.8 Å². The zero-order valence-corrected chi connectivity index (χ0v) is 14.3. The molecule has 0 aliphatic rings. The number of hydrogen-bond acceptors (Lipinski definition) is 6. The van der Waals surface area contributed by atoms with Gasteiger partial charge in [0, 0.05) is 12.1 Å². The third-order valence-electron chi connectivity index (χ3n) is 3.80. The Labute approximate surface area is 154 Å². The zero-order chi connectivity index (χ0) is 19.8. The monoisotopic (exact) mass is 373 g/mol. The number of benzene rings is 1. The first-order valence-corrected chi connectivity index (χ1v) is 8.08. The van der Waals surface area contributed by atoms with Crippen molar-refractivity contribution < 1.29 is 28.7 Å². The molecule has 1 atom stereocenters. The highest BCUT2D eigenvalue weighted by atomic mass is 16.4. The Balaban J connectivity index is 2.16. The van der Waals surface area contributed by atoms with E-state index in [-0.39, 0.29) is 24.0 Å². The molecule has 0 aliphatic carbocycles. The summed E-state index contributed by atoms with van der Waals surface area (Å²) in [6.45, 7) is 0.307. The topological polar surface area (TPSA) is 152 Å². The highest BCUT2D eigenvalue weighted by molar-refractivity contribution is 6.05. The van der Waals surface area contributed by atoms with Crippen molar-refractivity contribution >= 4 is 29.8 Å². The molecule has 9 heteroatoms. The summed E-state index contributed by atoms with van der Waals surface area (Å²) < 4.78 is 5.20. The minimum Gasteiger partial charge on any atom is -0.481 e. The number of nitrogens with one attached hydrogen (secondary N) is 2. The van der Waals surface area contributed by atoms with Crippen LogP contribution in [-0.2, 0) is 16.1 Å². The number of carbonyl (C=O) groups is 4. The van der Waals surface area contributed by atoms with E-state index in [0.717, 1.165) is 0 Å². The van der Waals surface area contributed by atoms with Gasteiger partial charge in [-0.15, -0.1) is 0 Å². The average molecular weight is 373 g/mol. The summed E-state index contributed by atoms with van der Waals surface area (Å²) in [5.41, 5.74) is 5.76. The average Bonchev–Trinajstić information content (AvgIpc) is 3.15. The van der Waals surface area contributed by atoms with Crippen LogP contribution in [0.3, 0.4) is 0 Å². The quantitative estimate of drug-likeness (QED) is 0.456. The van der Waals surface area contributed by atoms with E-state index in [4.69, 9.17) is 15.3 Å². The number of nitrogens with two attached hydrogens (primary N) is 1. The second-order valence-electron chi connectivity index (χ2n) is 5.68. The number of carbonyl (C=O) groups excluding carboxylic acids is 3. The molecule has 9 nitrogen and oxygen atoms in total. The van der Waals surface area contributed by atoms with Crippen LogP contribution in [0.5, 0.6) is 0 Å². The van der Waals surface area contributed by atoms with E-state index in [0.29, 0.717) is 24.3 Å². The highest BCUT2D eigenvalue weighted by Crippen LogP contribution is 2.19. The number of carboxylic acids is 1. The molecule has 0 spiro atoms. The molecule has 0 saturated heterocycles. The van der Waals surface area contributed by atoms with Crippen LogP contribution in [0.25, 0.3) is 0 Å². The van der Waals surface area contributed by atoms with E-state index in [1.807, 2.05) is 0 Å². The lowest BCUT2D eigenvalue weighted by Gasteiger charge is -2.16. The highest BCUT2D eigenvalue weighted by Gasteiger charge is 2.22. The molecule has 2 rings (SSSR count). The lowest BCUT2D eigenvalue weighted by atomic mass is 10.0. The van der Waals surface area contributed by atoms with E-state index in [1.165, 1.54) is 12.3 Å². The van der Waals surface area contributed by atoms with E-state index in [2.05, 4.69) is 10.6 Å². The van der Waals surface area contributed by atoms with Crippen molar-refractivity contribution in [3.8, 4) is 0 Å². The van der Waals surface area contributed by atoms with Crippen LogP contribution in [0.15, 0.2) is 41.0 Å². The van der Waals surface area contributed by atoms with Gasteiger partial charge in [0.2, 0.25) is 5.91 Å². The van der Waals surface area contributed by atoms with Gasteiger partial charge in [0.25, 0.3) is 5.91 Å². The largest absolute Gasteiger partial charge is 0.481 e. The lowest BCUT2D eigenvalue weighted by molar-refractivity contribution is -0.137. The van der Waals surface area contributed by atoms with Gasteiger partial charge in [-0.05, 0) is 30.7 Å². The van der Waals surface area contributed by atoms with Crippen LogP contribution in [0.4, 0.5) is 5.69 Å². The molecule has 0 radical (unpaired) electrons. The van der Waals surface area contributed by atoms with Crippen molar-refractivity contribution in [1.82, 2.24) is 5.32 Å². The normalized spacial score (nSPS) is 11.4. The van der Waals surface area contributed by atoms with Crippen molar-refractivity contribution in [3.63, 3.8) is 0 Å². The van der Waals surface area contributed by atoms with Crippen molar-refractivity contribution in [2.75, 3.05) is 5.32 Å². The fourth-order valence-corrected chi connectivity index (χ4v) is 2.43. The van der Waals surface area contributed by atoms with Gasteiger partial charge in [-0.25, -0.2) is 0 Å². The number of aliphatic carboxylic acids is 1. The van der Waals surface area contributed by atoms with Gasteiger partial charge in [0.15, 0.2) is 6.29 Å². The summed E-state index contributed by atoms with van der Waals surface area (Å²) >= 11 is 0. The first-order valence-electron chi connectivity index (χ1n) is 8.08. The van der Waals surface area contributed by atoms with Gasteiger partial charge in [-0.3, -0.25) is 19.2 Å². The molecule has 0 bridgehead atoms. The third-order valence-corrected chi connectivity index (χ3v) is 3.80. The molecule has 1 unspecified atom stereocenters. The molecule has 1 heterocycles. The van der Waals surface area contributed by atoms with Crippen molar-refractivity contribution in [3.05, 3.63) is 53.5 Å². The summed E-state index contributed by atoms with van der Waals surface area (Å²) in [6.07, 6.45) is 1.56. The number of primary amides is 1. The van der Waals surface area contributed by atoms with Crippen LogP contribution >= 0.6 is 0 Å². The SMILES string of the molecule is NC(=O)C(CCC(=O)O)NC(=O)c1cccc(NCc2ccco2)c1C=O. The molecule has 1 aromatic carbocycles. The number of amides is 2. The predicted octanol–water partition coefficient (Wildman–Crippen LogP) is 1.15. The maximum atomic E-state index is 12.5. The molecule has 27 heavy (non-hydrogen) atoms. The number of rotatable bonds is 10. The minimum absolute atomic E-state index is 0.0380. The zero-order valence-electron chi connectivity index (χ0n) is 14.3. The van der Waals surface area contributed by atoms with E-state index in [9.17, 15) is 19.2 Å². The number of anilines is 1. The maximum Gasteiger partial charge on any atom is 0.303 e. The lowest BCUT2D eigenvalue weighted by Crippen LogP contribution is -2.45. The Hall–Kier alpha value is -3.62. The molecule has 0 aliphatic heterocycles. The van der Waals surface area contributed by atoms with Gasteiger partial charge < -0.3 is 25.9 Å². The number of aldehydes is 1. The number of carboxylic acid groups (broad SMARTS) is 1. The van der Waals surface area contributed by atoms with E-state index < -0.39 is 23.8 Å². The molecule has 5 N–H and O–H groups in total. The molecule has 2 amide bonds. The summed E-state index contributed by atoms with van der Waals surface area (Å²) in [4.78, 5) is 46.2. The first kappa shape index (κ1) is 19.7. The number of furan rings is 1. The van der Waals surface area contributed by atoms with Gasteiger partial charge in [0.05, 0.1) is 23.9 Å². The Morgan fingerprint density at radius 3 is 2.59 bits per heavy atom. The van der Waals surface area contributed by atoms with Crippen molar-refractivity contribution in [1.29, 1.82) is 0 Å². The first-order chi connectivity index (χ1) is 12.9. The molecule has 1 aromatic heterocycles. The fourth-order valence-electron chi connectivity index (χ4n) is 2.43. The smallest absolute Gasteiger partial charge is 0.303 e. The fraction of sp³-hybridized carbons (Fsp3) is 0.222. The summed E-state index contributed by atoms with van der Waals surface area (Å²) in [5.74, 6) is -2.03. The van der Waals surface area contributed by atoms with Crippen LogP contribution in [0, 0.1) is 0 Å². The van der Waals surface area contributed by atoms with Crippen LogP contribution in [-0.4, -0.2) is 35.2 Å². The minimum atomic E-state index is -1.16. The molecule has 2 aromatic rings. The Morgan fingerprint density at radius 1 is 1.22 bits per heavy atom. The van der Waals surface area contributed by atoms with Gasteiger partial charge >= 0.3 is 5.97 Å². The second-order valence-corrected chi connectivity index (χ2v) is 5.68. The maximum absolute atomic E-state index is 12.5. The standard InChI is InChI=1S/C18H19N3O6/c19-17(25)15(6-7-16(23)24)21-18(26)12-4-1-5-14(13(12)10-22)20-9-11-3-2-8-27-11/h1-5,8,10,15,20H,6-7,9H2,(H2,19,25)(H,21,26)(H,23,24). The molecule has 0 fully saturated rings. The van der Waals surface area contributed by atoms with Gasteiger partial charge in [-0.2, -0.15) is 0 Å². The predicted molar refractivity (Wildman–Crippen MR) is 95.2 cm³/mol. The Kier molecular flexibility index (Phi) is 6.70. The van der Waals surface area contributed by atoms with E-state index >= 15 is 0 Å². The van der Waals surface area contributed by atoms with Crippen LogP contribution in [0.1, 0.15) is 39.3 Å². The number of hydrogen-bond donors (Lipinski definition) is 4. The van der Waals surface area contributed by atoms with Crippen LogP contribution < -0.4 is 16.4 Å².